The number of carbonyl (C=O) groups is 2. The number of aryl methyl sites for hydroxylation is 2. The summed E-state index contributed by atoms with van der Waals surface area (Å²) in [5.74, 6) is 0.0636. The molecule has 4 rings (SSSR count). The van der Waals surface area contributed by atoms with Gasteiger partial charge in [-0.25, -0.2) is 0 Å². The second-order valence-electron chi connectivity index (χ2n) is 8.82. The normalized spacial score (nSPS) is 10.4. The van der Waals surface area contributed by atoms with E-state index in [1.165, 1.54) is 0 Å². The van der Waals surface area contributed by atoms with Gasteiger partial charge in [-0.15, -0.1) is 34.0 Å². The fourth-order valence-corrected chi connectivity index (χ4v) is 4.49. The molecule has 8 heteroatoms. The van der Waals surface area contributed by atoms with Crippen molar-refractivity contribution in [2.45, 2.75) is 39.3 Å². The van der Waals surface area contributed by atoms with Crippen molar-refractivity contribution >= 4 is 56.7 Å². The first-order valence-corrected chi connectivity index (χ1v) is 12.1. The molecular formula is C29H34Br2N4O2. The van der Waals surface area contributed by atoms with Crippen LogP contribution in [0.1, 0.15) is 34.8 Å². The topological polar surface area (TPSA) is 71.1 Å². The Morgan fingerprint density at radius 3 is 2.16 bits per heavy atom. The van der Waals surface area contributed by atoms with E-state index in [1.54, 1.807) is 9.47 Å². The number of Topliss-reactive ketones (excluding diaryl/α,β-unsaturated/α-hetero) is 1. The third-order valence-electron chi connectivity index (χ3n) is 6.45. The summed E-state index contributed by atoms with van der Waals surface area (Å²) in [5.41, 5.74) is 5.00. The number of aromatic nitrogens is 2. The number of nitrogens with one attached hydrogen (secondary N) is 1. The van der Waals surface area contributed by atoms with Crippen LogP contribution in [0.25, 0.3) is 11.0 Å². The summed E-state index contributed by atoms with van der Waals surface area (Å²) in [4.78, 5) is 27.3. The van der Waals surface area contributed by atoms with Crippen LogP contribution in [0, 0.1) is 5.41 Å². The van der Waals surface area contributed by atoms with Gasteiger partial charge in [0.1, 0.15) is 0 Å². The van der Waals surface area contributed by atoms with Gasteiger partial charge in [0, 0.05) is 25.7 Å². The van der Waals surface area contributed by atoms with Crippen molar-refractivity contribution in [3.63, 3.8) is 0 Å². The van der Waals surface area contributed by atoms with Gasteiger partial charge in [-0.3, -0.25) is 15.0 Å². The molecular weight excluding hydrogens is 596 g/mol. The smallest absolute Gasteiger partial charge is 0.226 e. The largest absolute Gasteiger partial charge is 0.345 e. The third-order valence-corrected chi connectivity index (χ3v) is 6.45. The van der Waals surface area contributed by atoms with Crippen LogP contribution >= 0.6 is 34.0 Å². The van der Waals surface area contributed by atoms with Crippen LogP contribution in [0.3, 0.4) is 0 Å². The van der Waals surface area contributed by atoms with Gasteiger partial charge in [-0.1, -0.05) is 79.7 Å². The number of likely N-dealkylation sites (N-methyl/N-ethyl adjacent to an activating group) is 1. The molecule has 0 atom stereocenters. The zero-order valence-electron chi connectivity index (χ0n) is 21.2. The zero-order valence-corrected chi connectivity index (χ0v) is 24.6. The number of fused-ring (bicyclic) bond motifs is 1. The Morgan fingerprint density at radius 1 is 0.865 bits per heavy atom. The maximum absolute atomic E-state index is 12.9. The molecule has 0 saturated heterocycles. The molecule has 1 amide bonds. The predicted octanol–water partition coefficient (Wildman–Crippen LogP) is 5.61. The summed E-state index contributed by atoms with van der Waals surface area (Å²) < 4.78 is 3.79. The first-order chi connectivity index (χ1) is 17.0. The van der Waals surface area contributed by atoms with E-state index in [0.29, 0.717) is 30.7 Å². The van der Waals surface area contributed by atoms with Crippen molar-refractivity contribution in [3.05, 3.63) is 101 Å². The lowest BCUT2D eigenvalue weighted by molar-refractivity contribution is -0.129. The molecule has 196 valence electrons. The summed E-state index contributed by atoms with van der Waals surface area (Å²) in [5, 5.41) is 8.91. The molecule has 0 unspecified atom stereocenters. The van der Waals surface area contributed by atoms with Gasteiger partial charge in [0.2, 0.25) is 11.5 Å². The molecule has 1 aromatic heterocycles. The number of rotatable bonds is 10. The van der Waals surface area contributed by atoms with Gasteiger partial charge in [0.05, 0.1) is 24.0 Å². The quantitative estimate of drug-likeness (QED) is 0.232. The number of halogens is 2. The maximum atomic E-state index is 12.9. The van der Waals surface area contributed by atoms with Gasteiger partial charge in [0.25, 0.3) is 0 Å². The van der Waals surface area contributed by atoms with E-state index in [4.69, 9.17) is 5.41 Å². The van der Waals surface area contributed by atoms with Gasteiger partial charge in [-0.2, -0.15) is 0 Å². The summed E-state index contributed by atoms with van der Waals surface area (Å²) in [6.07, 6.45) is 1.94. The molecule has 0 fully saturated rings. The van der Waals surface area contributed by atoms with E-state index in [1.807, 2.05) is 84.4 Å². The number of ketones is 1. The van der Waals surface area contributed by atoms with Crippen molar-refractivity contribution in [3.8, 4) is 0 Å². The summed E-state index contributed by atoms with van der Waals surface area (Å²) in [6.45, 7) is 3.42. The second-order valence-corrected chi connectivity index (χ2v) is 8.82. The van der Waals surface area contributed by atoms with Crippen LogP contribution < -0.4 is 5.62 Å². The van der Waals surface area contributed by atoms with Crippen molar-refractivity contribution in [1.29, 1.82) is 5.41 Å². The molecule has 0 saturated carbocycles. The Labute approximate surface area is 239 Å². The highest BCUT2D eigenvalue weighted by Gasteiger charge is 2.17. The second kappa shape index (κ2) is 14.1. The fraction of sp³-hybridized carbons (Fsp3) is 0.276. The first-order valence-electron chi connectivity index (χ1n) is 12.1. The maximum Gasteiger partial charge on any atom is 0.226 e. The Balaban J connectivity index is 0.00000241. The van der Waals surface area contributed by atoms with Crippen LogP contribution in [0.4, 0.5) is 0 Å². The number of imidazole rings is 1. The zero-order chi connectivity index (χ0) is 24.8. The number of hydrogen-bond acceptors (Lipinski definition) is 3. The van der Waals surface area contributed by atoms with Crippen LogP contribution in [0.5, 0.6) is 0 Å². The molecule has 1 N–H and O–H groups in total. The number of benzene rings is 3. The number of amides is 1. The summed E-state index contributed by atoms with van der Waals surface area (Å²) in [6, 6.07) is 25.0. The molecule has 6 nitrogen and oxygen atoms in total. The predicted molar refractivity (Wildman–Crippen MR) is 159 cm³/mol. The highest BCUT2D eigenvalue weighted by atomic mass is 79.9. The average Bonchev–Trinajstić information content (AvgIpc) is 3.15. The Kier molecular flexibility index (Phi) is 11.5. The van der Waals surface area contributed by atoms with Gasteiger partial charge in [-0.05, 0) is 30.0 Å². The monoisotopic (exact) mass is 628 g/mol. The molecule has 4 aromatic rings. The minimum atomic E-state index is -0.0173. The van der Waals surface area contributed by atoms with Crippen LogP contribution in [-0.4, -0.2) is 39.3 Å². The van der Waals surface area contributed by atoms with E-state index < -0.39 is 0 Å². The van der Waals surface area contributed by atoms with Crippen molar-refractivity contribution < 1.29 is 9.59 Å². The van der Waals surface area contributed by atoms with E-state index in [9.17, 15) is 9.59 Å². The fourth-order valence-electron chi connectivity index (χ4n) is 4.49. The van der Waals surface area contributed by atoms with Crippen LogP contribution in [0.15, 0.2) is 78.9 Å². The van der Waals surface area contributed by atoms with Crippen molar-refractivity contribution in [1.82, 2.24) is 14.0 Å². The Hall–Kier alpha value is -2.97. The average molecular weight is 630 g/mol. The molecule has 0 bridgehead atoms. The van der Waals surface area contributed by atoms with Gasteiger partial charge in [0.15, 0.2) is 5.78 Å². The van der Waals surface area contributed by atoms with E-state index in [0.717, 1.165) is 35.0 Å². The molecule has 0 spiro atoms. The lowest BCUT2D eigenvalue weighted by Gasteiger charge is -2.17. The molecule has 3 aromatic carbocycles. The molecule has 1 heterocycles. The minimum Gasteiger partial charge on any atom is -0.345 e. The Bertz CT molecular complexity index is 1380. The Morgan fingerprint density at radius 2 is 1.51 bits per heavy atom. The number of carbonyl (C=O) groups excluding carboxylic acids is 2. The molecule has 0 radical (unpaired) electrons. The summed E-state index contributed by atoms with van der Waals surface area (Å²) >= 11 is 0. The molecule has 0 aliphatic rings. The van der Waals surface area contributed by atoms with Crippen LogP contribution in [0.2, 0.25) is 0 Å². The van der Waals surface area contributed by atoms with Crippen LogP contribution in [-0.2, 0) is 30.7 Å². The molecule has 37 heavy (non-hydrogen) atoms. The van der Waals surface area contributed by atoms with Crippen molar-refractivity contribution in [2.75, 3.05) is 13.6 Å². The lowest BCUT2D eigenvalue weighted by Crippen LogP contribution is -2.31. The van der Waals surface area contributed by atoms with E-state index in [2.05, 4.69) is 13.0 Å². The standard InChI is InChI=1S/C29H32N4O2.2BrH/c1-3-23-16-10-17-25-28(23)32(29(30)33(25)21-26(34)24-14-8-5-9-15-24)19-11-18-31(2)27(35)20-22-12-6-4-7-13-22;;/h4-10,12-17,30H,3,11,18-21H2,1-2H3;2*1H. The lowest BCUT2D eigenvalue weighted by atomic mass is 10.1. The van der Waals surface area contributed by atoms with E-state index >= 15 is 0 Å². The third kappa shape index (κ3) is 7.08. The summed E-state index contributed by atoms with van der Waals surface area (Å²) in [7, 11) is 1.83. The van der Waals surface area contributed by atoms with Crippen molar-refractivity contribution in [2.24, 2.45) is 0 Å². The first kappa shape index (κ1) is 30.3. The highest BCUT2D eigenvalue weighted by molar-refractivity contribution is 8.93. The van der Waals surface area contributed by atoms with E-state index in [-0.39, 0.29) is 52.2 Å². The van der Waals surface area contributed by atoms with Gasteiger partial charge >= 0.3 is 0 Å². The molecule has 0 aliphatic heterocycles. The van der Waals surface area contributed by atoms with Gasteiger partial charge < -0.3 is 14.0 Å². The number of hydrogen-bond donors (Lipinski definition) is 1. The molecule has 0 aliphatic carbocycles. The highest BCUT2D eigenvalue weighted by Crippen LogP contribution is 2.20. The SMILES string of the molecule is Br.Br.CCc1cccc2c1n(CCCN(C)C(=O)Cc1ccccc1)c(=N)n2CC(=O)c1ccccc1. The minimum absolute atomic E-state index is 0. The number of nitrogens with zero attached hydrogens (tertiary/aromatic N) is 3. The number of para-hydroxylation sites is 1.